The fraction of sp³-hybridized carbons (Fsp3) is 0.538. The van der Waals surface area contributed by atoms with Gasteiger partial charge in [0, 0.05) is 15.1 Å². The van der Waals surface area contributed by atoms with Crippen molar-refractivity contribution in [3.63, 3.8) is 0 Å². The van der Waals surface area contributed by atoms with Gasteiger partial charge in [-0.2, -0.15) is 0 Å². The van der Waals surface area contributed by atoms with E-state index in [9.17, 15) is 0 Å². The second-order valence-electron chi connectivity index (χ2n) is 4.25. The lowest BCUT2D eigenvalue weighted by atomic mass is 9.83. The molecule has 0 fully saturated rings. The summed E-state index contributed by atoms with van der Waals surface area (Å²) >= 11 is 10.8. The van der Waals surface area contributed by atoms with Crippen molar-refractivity contribution in [2.24, 2.45) is 5.41 Å². The number of benzene rings is 1. The Bertz CT molecular complexity index is 353. The summed E-state index contributed by atoms with van der Waals surface area (Å²) in [6, 6.07) is 6.18. The molecule has 0 radical (unpaired) electrons. The van der Waals surface area contributed by atoms with Crippen LogP contribution in [0.3, 0.4) is 0 Å². The maximum Gasteiger partial charge on any atom is 0.122 e. The Morgan fingerprint density at radius 1 is 1.24 bits per heavy atom. The van der Waals surface area contributed by atoms with Crippen LogP contribution in [0.5, 0.6) is 5.75 Å². The molecule has 0 bridgehead atoms. The van der Waals surface area contributed by atoms with Crippen LogP contribution in [0.2, 0.25) is 0 Å². The molecule has 0 heterocycles. The van der Waals surface area contributed by atoms with Gasteiger partial charge in [-0.25, -0.2) is 0 Å². The van der Waals surface area contributed by atoms with E-state index in [-0.39, 0.29) is 5.41 Å². The van der Waals surface area contributed by atoms with Crippen LogP contribution in [0.15, 0.2) is 22.7 Å². The van der Waals surface area contributed by atoms with Gasteiger partial charge in [-0.1, -0.05) is 54.7 Å². The van der Waals surface area contributed by atoms with Crippen LogP contribution < -0.4 is 4.74 Å². The van der Waals surface area contributed by atoms with Crippen molar-refractivity contribution in [1.29, 1.82) is 0 Å². The van der Waals surface area contributed by atoms with Crippen molar-refractivity contribution >= 4 is 47.8 Å². The fourth-order valence-electron chi connectivity index (χ4n) is 1.73. The van der Waals surface area contributed by atoms with Gasteiger partial charge in [0.05, 0.1) is 7.11 Å². The van der Waals surface area contributed by atoms with Gasteiger partial charge in [0.2, 0.25) is 0 Å². The van der Waals surface area contributed by atoms with Crippen LogP contribution >= 0.6 is 47.8 Å². The Kier molecular flexibility index (Phi) is 6.52. The van der Waals surface area contributed by atoms with Crippen LogP contribution in [0.1, 0.15) is 18.9 Å². The number of hydrogen-bond donors (Lipinski definition) is 0. The molecule has 0 aliphatic heterocycles. The first kappa shape index (κ1) is 15.5. The van der Waals surface area contributed by atoms with E-state index < -0.39 is 0 Å². The Labute approximate surface area is 129 Å². The van der Waals surface area contributed by atoms with Crippen molar-refractivity contribution in [2.75, 3.05) is 17.8 Å². The monoisotopic (exact) mass is 426 g/mol. The summed E-state index contributed by atoms with van der Waals surface area (Å²) in [6.07, 6.45) is 2.13. The smallest absolute Gasteiger partial charge is 0.122 e. The Morgan fingerprint density at radius 3 is 2.35 bits per heavy atom. The van der Waals surface area contributed by atoms with Gasteiger partial charge in [-0.05, 0) is 42.0 Å². The number of hydrogen-bond acceptors (Lipinski definition) is 1. The van der Waals surface area contributed by atoms with E-state index in [0.717, 1.165) is 33.7 Å². The summed E-state index contributed by atoms with van der Waals surface area (Å²) in [5.41, 5.74) is 1.50. The third-order valence-electron chi connectivity index (χ3n) is 3.12. The quantitative estimate of drug-likeness (QED) is 0.567. The SMILES string of the molecule is CCC(CBr)(CBr)Cc1cc(Br)ccc1OC. The standard InChI is InChI=1S/C13H17Br3O/c1-3-13(8-14,9-15)7-10-6-11(16)4-5-12(10)17-2/h4-6H,3,7-9H2,1-2H3. The zero-order valence-corrected chi connectivity index (χ0v) is 14.9. The lowest BCUT2D eigenvalue weighted by Crippen LogP contribution is -2.27. The first-order valence-corrected chi connectivity index (χ1v) is 8.58. The first-order chi connectivity index (χ1) is 8.10. The maximum atomic E-state index is 5.43. The Morgan fingerprint density at radius 2 is 1.88 bits per heavy atom. The average molecular weight is 429 g/mol. The van der Waals surface area contributed by atoms with Gasteiger partial charge in [0.15, 0.2) is 0 Å². The zero-order chi connectivity index (χ0) is 12.9. The summed E-state index contributed by atoms with van der Waals surface area (Å²) in [7, 11) is 1.72. The predicted molar refractivity (Wildman–Crippen MR) is 84.7 cm³/mol. The van der Waals surface area contributed by atoms with Gasteiger partial charge in [-0.15, -0.1) is 0 Å². The van der Waals surface area contributed by atoms with E-state index in [4.69, 9.17) is 4.74 Å². The van der Waals surface area contributed by atoms with E-state index in [1.165, 1.54) is 5.56 Å². The van der Waals surface area contributed by atoms with Gasteiger partial charge in [0.1, 0.15) is 5.75 Å². The molecule has 1 aromatic rings. The van der Waals surface area contributed by atoms with Crippen LogP contribution in [-0.2, 0) is 6.42 Å². The van der Waals surface area contributed by atoms with Crippen LogP contribution in [0.4, 0.5) is 0 Å². The number of alkyl halides is 2. The molecule has 0 amide bonds. The highest BCUT2D eigenvalue weighted by Gasteiger charge is 2.27. The minimum Gasteiger partial charge on any atom is -0.496 e. The third-order valence-corrected chi connectivity index (χ3v) is 6.00. The molecule has 1 nitrogen and oxygen atoms in total. The molecule has 0 aliphatic carbocycles. The molecule has 0 aromatic heterocycles. The van der Waals surface area contributed by atoms with Crippen molar-refractivity contribution in [1.82, 2.24) is 0 Å². The number of halogens is 3. The number of methoxy groups -OCH3 is 1. The van der Waals surface area contributed by atoms with E-state index in [1.807, 2.05) is 12.1 Å². The predicted octanol–water partition coefficient (Wildman–Crippen LogP) is 5.19. The van der Waals surface area contributed by atoms with Crippen LogP contribution in [0.25, 0.3) is 0 Å². The molecule has 96 valence electrons. The normalized spacial score (nSPS) is 11.6. The third kappa shape index (κ3) is 3.97. The molecule has 1 aromatic carbocycles. The van der Waals surface area contributed by atoms with Crippen LogP contribution in [-0.4, -0.2) is 17.8 Å². The average Bonchev–Trinajstić information content (AvgIpc) is 2.36. The molecule has 0 N–H and O–H groups in total. The fourth-order valence-corrected chi connectivity index (χ4v) is 4.26. The van der Waals surface area contributed by atoms with Crippen molar-refractivity contribution in [2.45, 2.75) is 19.8 Å². The number of rotatable bonds is 6. The minimum absolute atomic E-state index is 0.244. The molecule has 17 heavy (non-hydrogen) atoms. The van der Waals surface area contributed by atoms with Crippen LogP contribution in [0, 0.1) is 5.41 Å². The molecule has 0 saturated carbocycles. The summed E-state index contributed by atoms with van der Waals surface area (Å²) in [4.78, 5) is 0. The van der Waals surface area contributed by atoms with E-state index in [0.29, 0.717) is 0 Å². The molecule has 0 atom stereocenters. The highest BCUT2D eigenvalue weighted by molar-refractivity contribution is 9.10. The summed E-state index contributed by atoms with van der Waals surface area (Å²) < 4.78 is 6.53. The largest absolute Gasteiger partial charge is 0.496 e. The molecule has 0 saturated heterocycles. The van der Waals surface area contributed by atoms with Crippen molar-refractivity contribution in [3.8, 4) is 5.75 Å². The van der Waals surface area contributed by atoms with Gasteiger partial charge < -0.3 is 4.74 Å². The van der Waals surface area contributed by atoms with Gasteiger partial charge in [0.25, 0.3) is 0 Å². The molecule has 0 unspecified atom stereocenters. The molecule has 4 heteroatoms. The molecular formula is C13H17Br3O. The second kappa shape index (κ2) is 7.15. The highest BCUT2D eigenvalue weighted by atomic mass is 79.9. The lowest BCUT2D eigenvalue weighted by molar-refractivity contribution is 0.357. The number of ether oxygens (including phenoxy) is 1. The highest BCUT2D eigenvalue weighted by Crippen LogP contribution is 2.35. The lowest BCUT2D eigenvalue weighted by Gasteiger charge is -2.29. The molecule has 0 aliphatic rings. The van der Waals surface area contributed by atoms with Gasteiger partial charge >= 0.3 is 0 Å². The van der Waals surface area contributed by atoms with E-state index in [2.05, 4.69) is 60.8 Å². The van der Waals surface area contributed by atoms with Crippen molar-refractivity contribution < 1.29 is 4.74 Å². The molecule has 1 rings (SSSR count). The Balaban J connectivity index is 3.03. The van der Waals surface area contributed by atoms with Gasteiger partial charge in [-0.3, -0.25) is 0 Å². The first-order valence-electron chi connectivity index (χ1n) is 5.55. The van der Waals surface area contributed by atoms with E-state index >= 15 is 0 Å². The maximum absolute atomic E-state index is 5.43. The Hall–Kier alpha value is 0.460. The molecular weight excluding hydrogens is 412 g/mol. The van der Waals surface area contributed by atoms with Crippen molar-refractivity contribution in [3.05, 3.63) is 28.2 Å². The second-order valence-corrected chi connectivity index (χ2v) is 6.29. The molecule has 0 spiro atoms. The summed E-state index contributed by atoms with van der Waals surface area (Å²) in [6.45, 7) is 2.23. The van der Waals surface area contributed by atoms with E-state index in [1.54, 1.807) is 7.11 Å². The topological polar surface area (TPSA) is 9.23 Å². The summed E-state index contributed by atoms with van der Waals surface area (Å²) in [5.74, 6) is 0.966. The zero-order valence-electron chi connectivity index (χ0n) is 10.1. The minimum atomic E-state index is 0.244. The summed E-state index contributed by atoms with van der Waals surface area (Å²) in [5, 5.41) is 1.97.